The second-order valence-corrected chi connectivity index (χ2v) is 12.5. The van der Waals surface area contributed by atoms with Gasteiger partial charge in [0.15, 0.2) is 0 Å². The van der Waals surface area contributed by atoms with Crippen molar-refractivity contribution in [3.05, 3.63) is 41.3 Å². The fourth-order valence-corrected chi connectivity index (χ4v) is 6.17. The standard InChI is InChI=1S/C23H33F2N5O4S/c1-23(2,3)34-22(31)27-19-9-16(12-28(4)21(19)17-8-15(24)6-7-18(17)25)29-11-14-10-26-30(20(14)13-29)35(5,32)33/h6-7,10,16-17,19,21H,8-9,11-13H2,1-5H3,(H,27,31)/t16?,17?,19?,21-/m1/s1. The van der Waals surface area contributed by atoms with E-state index >= 15 is 0 Å². The monoisotopic (exact) mass is 513 g/mol. The first-order valence-corrected chi connectivity index (χ1v) is 13.5. The summed E-state index contributed by atoms with van der Waals surface area (Å²) in [5.41, 5.74) is 0.756. The van der Waals surface area contributed by atoms with Crippen LogP contribution in [0.3, 0.4) is 0 Å². The number of amides is 1. The Balaban J connectivity index is 1.57. The van der Waals surface area contributed by atoms with E-state index in [1.807, 2.05) is 11.9 Å². The first-order valence-electron chi connectivity index (χ1n) is 11.6. The van der Waals surface area contributed by atoms with Crippen LogP contribution in [-0.2, 0) is 27.8 Å². The number of allylic oxidation sites excluding steroid dienone is 3. The van der Waals surface area contributed by atoms with Crippen LogP contribution < -0.4 is 5.32 Å². The van der Waals surface area contributed by atoms with Crippen LogP contribution >= 0.6 is 0 Å². The second-order valence-electron chi connectivity index (χ2n) is 10.7. The number of fused-ring (bicyclic) bond motifs is 1. The third-order valence-corrected chi connectivity index (χ3v) is 7.67. The molecule has 3 heterocycles. The largest absolute Gasteiger partial charge is 0.444 e. The number of rotatable bonds is 4. The van der Waals surface area contributed by atoms with Gasteiger partial charge in [0.05, 0.1) is 18.1 Å². The fourth-order valence-electron chi connectivity index (χ4n) is 5.37. The van der Waals surface area contributed by atoms with Crippen LogP contribution in [-0.4, -0.2) is 77.1 Å². The van der Waals surface area contributed by atoms with Crippen molar-refractivity contribution < 1.29 is 26.7 Å². The predicted octanol–water partition coefficient (Wildman–Crippen LogP) is 2.70. The molecule has 1 aromatic heterocycles. The second kappa shape index (κ2) is 9.29. The maximum absolute atomic E-state index is 14.9. The summed E-state index contributed by atoms with van der Waals surface area (Å²) in [6.07, 6.45) is 4.76. The van der Waals surface area contributed by atoms with Gasteiger partial charge >= 0.3 is 6.09 Å². The van der Waals surface area contributed by atoms with E-state index in [2.05, 4.69) is 15.3 Å². The molecule has 1 N–H and O–H groups in total. The Morgan fingerprint density at radius 2 is 1.94 bits per heavy atom. The molecule has 0 bridgehead atoms. The molecule has 2 aliphatic heterocycles. The molecule has 9 nitrogen and oxygen atoms in total. The average Bonchev–Trinajstić information content (AvgIpc) is 3.28. The maximum Gasteiger partial charge on any atom is 0.407 e. The van der Waals surface area contributed by atoms with Gasteiger partial charge in [-0.1, -0.05) is 0 Å². The van der Waals surface area contributed by atoms with Crippen molar-refractivity contribution in [2.24, 2.45) is 5.92 Å². The van der Waals surface area contributed by atoms with Crippen molar-refractivity contribution in [2.45, 2.75) is 70.4 Å². The van der Waals surface area contributed by atoms with E-state index in [0.29, 0.717) is 31.7 Å². The molecule has 4 atom stereocenters. The number of nitrogens with zero attached hydrogens (tertiary/aromatic N) is 4. The molecular formula is C23H33F2N5O4S. The maximum atomic E-state index is 14.9. The van der Waals surface area contributed by atoms with Gasteiger partial charge in [-0.15, -0.1) is 0 Å². The molecule has 0 aromatic carbocycles. The molecule has 4 rings (SSSR count). The van der Waals surface area contributed by atoms with Crippen molar-refractivity contribution in [3.8, 4) is 0 Å². The van der Waals surface area contributed by atoms with Crippen molar-refractivity contribution in [3.63, 3.8) is 0 Å². The van der Waals surface area contributed by atoms with E-state index in [4.69, 9.17) is 4.74 Å². The summed E-state index contributed by atoms with van der Waals surface area (Å²) in [5, 5.41) is 6.92. The van der Waals surface area contributed by atoms with Gasteiger partial charge in [0.25, 0.3) is 10.0 Å². The fraction of sp³-hybridized carbons (Fsp3) is 0.652. The predicted molar refractivity (Wildman–Crippen MR) is 126 cm³/mol. The van der Waals surface area contributed by atoms with Crippen molar-refractivity contribution >= 4 is 16.1 Å². The van der Waals surface area contributed by atoms with E-state index in [0.717, 1.165) is 28.1 Å². The van der Waals surface area contributed by atoms with Crippen LogP contribution in [0, 0.1) is 5.92 Å². The number of likely N-dealkylation sites (N-methyl/N-ethyl adjacent to an activating group) is 1. The number of hydrogen-bond acceptors (Lipinski definition) is 7. The van der Waals surface area contributed by atoms with Crippen molar-refractivity contribution in [1.82, 2.24) is 24.3 Å². The summed E-state index contributed by atoms with van der Waals surface area (Å²) in [5.74, 6) is -1.55. The quantitative estimate of drug-likeness (QED) is 0.661. The number of aromatic nitrogens is 2. The number of halogens is 2. The summed E-state index contributed by atoms with van der Waals surface area (Å²) >= 11 is 0. The van der Waals surface area contributed by atoms with Gasteiger partial charge in [0.2, 0.25) is 0 Å². The lowest BCUT2D eigenvalue weighted by Gasteiger charge is -2.48. The molecule has 1 saturated heterocycles. The number of piperidine rings is 1. The van der Waals surface area contributed by atoms with Gasteiger partial charge in [-0.05, 0) is 46.4 Å². The summed E-state index contributed by atoms with van der Waals surface area (Å²) in [6, 6.07) is -1.06. The van der Waals surface area contributed by atoms with Crippen LogP contribution in [0.5, 0.6) is 0 Å². The Hall–Kier alpha value is -2.31. The minimum atomic E-state index is -3.52. The highest BCUT2D eigenvalue weighted by atomic mass is 32.2. The molecule has 0 radical (unpaired) electrons. The number of carbonyl (C=O) groups is 1. The first kappa shape index (κ1) is 25.8. The van der Waals surface area contributed by atoms with Crippen molar-refractivity contribution in [1.29, 1.82) is 0 Å². The van der Waals surface area contributed by atoms with Crippen LogP contribution in [0.4, 0.5) is 13.6 Å². The van der Waals surface area contributed by atoms with E-state index in [1.54, 1.807) is 27.0 Å². The van der Waals surface area contributed by atoms with Crippen LogP contribution in [0.25, 0.3) is 0 Å². The summed E-state index contributed by atoms with van der Waals surface area (Å²) in [6.45, 7) is 6.73. The normalized spacial score (nSPS) is 28.3. The Morgan fingerprint density at radius 1 is 1.23 bits per heavy atom. The zero-order valence-electron chi connectivity index (χ0n) is 20.7. The Labute approximate surface area is 204 Å². The van der Waals surface area contributed by atoms with E-state index in [-0.39, 0.29) is 12.5 Å². The molecular weight excluding hydrogens is 480 g/mol. The number of alkyl carbamates (subject to hydrolysis) is 1. The number of nitrogens with one attached hydrogen (secondary N) is 1. The molecule has 35 heavy (non-hydrogen) atoms. The highest BCUT2D eigenvalue weighted by Crippen LogP contribution is 2.38. The van der Waals surface area contributed by atoms with Crippen LogP contribution in [0.2, 0.25) is 0 Å². The third kappa shape index (κ3) is 5.59. The molecule has 1 aromatic rings. The average molecular weight is 514 g/mol. The molecule has 194 valence electrons. The highest BCUT2D eigenvalue weighted by Gasteiger charge is 2.45. The van der Waals surface area contributed by atoms with Gasteiger partial charge in [0.1, 0.15) is 17.3 Å². The lowest BCUT2D eigenvalue weighted by atomic mass is 9.80. The number of hydrogen-bond donors (Lipinski definition) is 1. The lowest BCUT2D eigenvalue weighted by Crippen LogP contribution is -2.63. The number of carbonyl (C=O) groups excluding carboxylic acids is 1. The van der Waals surface area contributed by atoms with Crippen LogP contribution in [0.1, 0.15) is 44.9 Å². The van der Waals surface area contributed by atoms with E-state index in [9.17, 15) is 22.0 Å². The molecule has 12 heteroatoms. The number of ether oxygens (including phenoxy) is 1. The molecule has 1 amide bonds. The number of likely N-dealkylation sites (tertiary alicyclic amines) is 1. The van der Waals surface area contributed by atoms with Crippen LogP contribution in [0.15, 0.2) is 30.0 Å². The topological polar surface area (TPSA) is 96.8 Å². The molecule has 1 fully saturated rings. The zero-order chi connectivity index (χ0) is 25.7. The highest BCUT2D eigenvalue weighted by molar-refractivity contribution is 7.89. The van der Waals surface area contributed by atoms with Gasteiger partial charge in [-0.3, -0.25) is 9.80 Å². The van der Waals surface area contributed by atoms with Gasteiger partial charge in [-0.2, -0.15) is 9.19 Å². The Bertz CT molecular complexity index is 1160. The third-order valence-electron chi connectivity index (χ3n) is 6.73. The minimum Gasteiger partial charge on any atom is -0.444 e. The molecule has 1 aliphatic carbocycles. The van der Waals surface area contributed by atoms with E-state index < -0.39 is 51.4 Å². The first-order chi connectivity index (χ1) is 16.2. The Morgan fingerprint density at radius 3 is 2.60 bits per heavy atom. The smallest absolute Gasteiger partial charge is 0.407 e. The SMILES string of the molecule is CN1CC(N2Cc3cnn(S(C)(=O)=O)c3C2)CC(NC(=O)OC(C)(C)C)[C@H]1C1CC(F)=CC=C1F. The summed E-state index contributed by atoms with van der Waals surface area (Å²) < 4.78 is 59.7. The van der Waals surface area contributed by atoms with Gasteiger partial charge in [-0.25, -0.2) is 22.0 Å². The molecule has 3 aliphatic rings. The van der Waals surface area contributed by atoms with Gasteiger partial charge in [0, 0.05) is 55.7 Å². The molecule has 0 saturated carbocycles. The molecule has 0 spiro atoms. The minimum absolute atomic E-state index is 0.0624. The zero-order valence-corrected chi connectivity index (χ0v) is 21.5. The summed E-state index contributed by atoms with van der Waals surface area (Å²) in [4.78, 5) is 16.8. The van der Waals surface area contributed by atoms with Crippen molar-refractivity contribution in [2.75, 3.05) is 19.8 Å². The molecule has 3 unspecified atom stereocenters. The lowest BCUT2D eigenvalue weighted by molar-refractivity contribution is 0.0128. The van der Waals surface area contributed by atoms with E-state index in [1.165, 1.54) is 0 Å². The summed E-state index contributed by atoms with van der Waals surface area (Å²) in [7, 11) is -1.68. The van der Waals surface area contributed by atoms with Gasteiger partial charge < -0.3 is 10.1 Å². The Kier molecular flexibility index (Phi) is 6.84.